The lowest BCUT2D eigenvalue weighted by molar-refractivity contribution is 0.0969. The summed E-state index contributed by atoms with van der Waals surface area (Å²) in [5.74, 6) is -0.673. The lowest BCUT2D eigenvalue weighted by atomic mass is 9.94. The Kier molecular flexibility index (Phi) is 5.43. The Labute approximate surface area is 152 Å². The number of hydrogen-bond donors (Lipinski definition) is 1. The number of thiocarbonyl (C=S) groups is 1. The van der Waals surface area contributed by atoms with Crippen molar-refractivity contribution in [3.05, 3.63) is 71.0 Å². The van der Waals surface area contributed by atoms with Crippen LogP contribution < -0.4 is 5.32 Å². The molecule has 1 aliphatic heterocycles. The van der Waals surface area contributed by atoms with Crippen molar-refractivity contribution in [3.8, 4) is 0 Å². The molecule has 2 aromatic rings. The highest BCUT2D eigenvalue weighted by atomic mass is 32.1. The number of halogens is 1. The van der Waals surface area contributed by atoms with Crippen molar-refractivity contribution in [2.24, 2.45) is 0 Å². The van der Waals surface area contributed by atoms with Gasteiger partial charge in [-0.3, -0.25) is 10.1 Å². The van der Waals surface area contributed by atoms with E-state index >= 15 is 0 Å². The van der Waals surface area contributed by atoms with E-state index in [1.165, 1.54) is 35.4 Å². The number of benzene rings is 2. The van der Waals surface area contributed by atoms with Gasteiger partial charge < -0.3 is 4.90 Å². The molecule has 1 atom stereocenters. The lowest BCUT2D eigenvalue weighted by Crippen LogP contribution is -2.46. The highest BCUT2D eigenvalue weighted by Gasteiger charge is 2.27. The van der Waals surface area contributed by atoms with E-state index in [4.69, 9.17) is 12.2 Å². The number of carbonyl (C=O) groups is 1. The van der Waals surface area contributed by atoms with Crippen LogP contribution in [0.5, 0.6) is 0 Å². The number of piperidine rings is 1. The molecule has 1 N–H and O–H groups in total. The van der Waals surface area contributed by atoms with Gasteiger partial charge in [0.15, 0.2) is 5.11 Å². The van der Waals surface area contributed by atoms with Crippen LogP contribution in [0.4, 0.5) is 4.39 Å². The molecule has 0 aromatic heterocycles. The molecule has 0 saturated carbocycles. The Hall–Kier alpha value is -2.27. The minimum absolute atomic E-state index is 0.176. The fourth-order valence-corrected chi connectivity index (χ4v) is 3.55. The van der Waals surface area contributed by atoms with Crippen molar-refractivity contribution >= 4 is 23.2 Å². The molecule has 2 aromatic carbocycles. The van der Waals surface area contributed by atoms with Crippen LogP contribution in [0, 0.1) is 12.7 Å². The molecule has 0 spiro atoms. The maximum Gasteiger partial charge on any atom is 0.257 e. The molecule has 3 nitrogen and oxygen atoms in total. The fourth-order valence-electron chi connectivity index (χ4n) is 3.24. The summed E-state index contributed by atoms with van der Waals surface area (Å²) in [5.41, 5.74) is 2.83. The van der Waals surface area contributed by atoms with Crippen LogP contribution in [0.3, 0.4) is 0 Å². The maximum atomic E-state index is 13.0. The van der Waals surface area contributed by atoms with Crippen molar-refractivity contribution in [3.63, 3.8) is 0 Å². The summed E-state index contributed by atoms with van der Waals surface area (Å²) in [4.78, 5) is 14.5. The van der Waals surface area contributed by atoms with E-state index < -0.39 is 0 Å². The topological polar surface area (TPSA) is 32.3 Å². The number of carbonyl (C=O) groups excluding carboxylic acids is 1. The molecule has 0 bridgehead atoms. The molecule has 0 aliphatic carbocycles. The third-order valence-corrected chi connectivity index (χ3v) is 4.85. The number of hydrogen-bond acceptors (Lipinski definition) is 2. The van der Waals surface area contributed by atoms with E-state index in [2.05, 4.69) is 41.4 Å². The van der Waals surface area contributed by atoms with Gasteiger partial charge in [0.25, 0.3) is 5.91 Å². The molecule has 5 heteroatoms. The van der Waals surface area contributed by atoms with E-state index in [1.54, 1.807) is 0 Å². The van der Waals surface area contributed by atoms with Crippen molar-refractivity contribution < 1.29 is 9.18 Å². The summed E-state index contributed by atoms with van der Waals surface area (Å²) in [7, 11) is 0. The molecule has 1 aliphatic rings. The molecular weight excluding hydrogens is 335 g/mol. The first-order valence-corrected chi connectivity index (χ1v) is 8.89. The van der Waals surface area contributed by atoms with Gasteiger partial charge in [0, 0.05) is 12.1 Å². The Morgan fingerprint density at radius 1 is 1.20 bits per heavy atom. The van der Waals surface area contributed by atoms with Gasteiger partial charge in [-0.25, -0.2) is 4.39 Å². The van der Waals surface area contributed by atoms with Crippen molar-refractivity contribution in [1.29, 1.82) is 0 Å². The lowest BCUT2D eigenvalue weighted by Gasteiger charge is -2.38. The number of amides is 1. The minimum atomic E-state index is -0.366. The predicted molar refractivity (Wildman–Crippen MR) is 101 cm³/mol. The molecule has 1 saturated heterocycles. The zero-order valence-electron chi connectivity index (χ0n) is 14.2. The second-order valence-corrected chi connectivity index (χ2v) is 6.77. The summed E-state index contributed by atoms with van der Waals surface area (Å²) < 4.78 is 13.0. The first kappa shape index (κ1) is 17.5. The first-order chi connectivity index (χ1) is 12.0. The van der Waals surface area contributed by atoms with E-state index in [9.17, 15) is 9.18 Å². The molecule has 1 heterocycles. The largest absolute Gasteiger partial charge is 0.342 e. The van der Waals surface area contributed by atoms with Gasteiger partial charge in [-0.05, 0) is 68.2 Å². The quantitative estimate of drug-likeness (QED) is 0.811. The smallest absolute Gasteiger partial charge is 0.257 e. The summed E-state index contributed by atoms with van der Waals surface area (Å²) in [6.07, 6.45) is 3.20. The molecule has 0 radical (unpaired) electrons. The van der Waals surface area contributed by atoms with Crippen LogP contribution >= 0.6 is 12.2 Å². The first-order valence-electron chi connectivity index (χ1n) is 8.48. The second kappa shape index (κ2) is 7.74. The maximum absolute atomic E-state index is 13.0. The number of aryl methyl sites for hydroxylation is 1. The standard InChI is InChI=1S/C20H21FN2OS/c1-14-5-4-6-16(13-14)18-7-2-3-12-23(18)20(25)22-19(24)15-8-10-17(21)11-9-15/h4-6,8-11,13,18H,2-3,7,12H2,1H3,(H,22,24,25). The summed E-state index contributed by atoms with van der Waals surface area (Å²) in [5, 5.41) is 3.23. The average Bonchev–Trinajstić information content (AvgIpc) is 2.62. The molecule has 3 rings (SSSR count). The van der Waals surface area contributed by atoms with Gasteiger partial charge in [0.1, 0.15) is 5.82 Å². The molecule has 25 heavy (non-hydrogen) atoms. The van der Waals surface area contributed by atoms with E-state index in [0.717, 1.165) is 25.8 Å². The zero-order valence-corrected chi connectivity index (χ0v) is 15.0. The van der Waals surface area contributed by atoms with Crippen LogP contribution in [0.1, 0.15) is 46.8 Å². The number of likely N-dealkylation sites (tertiary alicyclic amines) is 1. The van der Waals surface area contributed by atoms with Crippen LogP contribution in [0.25, 0.3) is 0 Å². The summed E-state index contributed by atoms with van der Waals surface area (Å²) >= 11 is 5.51. The average molecular weight is 356 g/mol. The Bertz CT molecular complexity index is 776. The Morgan fingerprint density at radius 2 is 1.96 bits per heavy atom. The zero-order chi connectivity index (χ0) is 17.8. The van der Waals surface area contributed by atoms with Crippen LogP contribution in [-0.2, 0) is 0 Å². The van der Waals surface area contributed by atoms with Crippen molar-refractivity contribution in [1.82, 2.24) is 10.2 Å². The highest BCUT2D eigenvalue weighted by molar-refractivity contribution is 7.80. The number of rotatable bonds is 2. The molecule has 130 valence electrons. The van der Waals surface area contributed by atoms with E-state index in [-0.39, 0.29) is 17.8 Å². The Balaban J connectivity index is 1.74. The normalized spacial score (nSPS) is 17.2. The van der Waals surface area contributed by atoms with Gasteiger partial charge in [-0.15, -0.1) is 0 Å². The van der Waals surface area contributed by atoms with Gasteiger partial charge >= 0.3 is 0 Å². The minimum Gasteiger partial charge on any atom is -0.342 e. The Morgan fingerprint density at radius 3 is 2.68 bits per heavy atom. The van der Waals surface area contributed by atoms with Crippen LogP contribution in [0.15, 0.2) is 48.5 Å². The molecule has 1 amide bonds. The second-order valence-electron chi connectivity index (χ2n) is 6.39. The van der Waals surface area contributed by atoms with Crippen LogP contribution in [-0.4, -0.2) is 22.5 Å². The van der Waals surface area contributed by atoms with Crippen molar-refractivity contribution in [2.75, 3.05) is 6.54 Å². The van der Waals surface area contributed by atoms with Crippen molar-refractivity contribution in [2.45, 2.75) is 32.2 Å². The van der Waals surface area contributed by atoms with Gasteiger partial charge in [0.05, 0.1) is 6.04 Å². The molecular formula is C20H21FN2OS. The predicted octanol–water partition coefficient (Wildman–Crippen LogP) is 4.38. The fraction of sp³-hybridized carbons (Fsp3) is 0.300. The van der Waals surface area contributed by atoms with Crippen LogP contribution in [0.2, 0.25) is 0 Å². The summed E-state index contributed by atoms with van der Waals surface area (Å²) in [6.45, 7) is 2.90. The van der Waals surface area contributed by atoms with E-state index in [1.807, 2.05) is 0 Å². The van der Waals surface area contributed by atoms with Gasteiger partial charge in [0.2, 0.25) is 0 Å². The van der Waals surface area contributed by atoms with Gasteiger partial charge in [-0.2, -0.15) is 0 Å². The number of nitrogens with zero attached hydrogens (tertiary/aromatic N) is 1. The molecule has 1 unspecified atom stereocenters. The highest BCUT2D eigenvalue weighted by Crippen LogP contribution is 2.31. The number of nitrogens with one attached hydrogen (secondary N) is 1. The monoisotopic (exact) mass is 356 g/mol. The third-order valence-electron chi connectivity index (χ3n) is 4.52. The van der Waals surface area contributed by atoms with Gasteiger partial charge in [-0.1, -0.05) is 29.8 Å². The summed E-state index contributed by atoms with van der Waals surface area (Å²) in [6, 6.07) is 14.1. The third kappa shape index (κ3) is 4.23. The SMILES string of the molecule is Cc1cccc(C2CCCCN2C(=S)NC(=O)c2ccc(F)cc2)c1. The molecule has 1 fully saturated rings. The van der Waals surface area contributed by atoms with E-state index in [0.29, 0.717) is 10.7 Å².